The van der Waals surface area contributed by atoms with Gasteiger partial charge in [-0.1, -0.05) is 164 Å². The van der Waals surface area contributed by atoms with Gasteiger partial charge in [0.2, 0.25) is 0 Å². The van der Waals surface area contributed by atoms with Gasteiger partial charge in [-0.3, -0.25) is 0 Å². The van der Waals surface area contributed by atoms with E-state index in [-0.39, 0.29) is 0 Å². The molecule has 0 saturated carbocycles. The zero-order chi connectivity index (χ0) is 38.4. The van der Waals surface area contributed by atoms with Crippen LogP contribution in [0.2, 0.25) is 0 Å². The highest BCUT2D eigenvalue weighted by atomic mass is 15.1. The Balaban J connectivity index is 1.13. The molecule has 0 aliphatic rings. The Bertz CT molecular complexity index is 3250. The number of aromatic nitrogens is 1. The average Bonchev–Trinajstić information content (AvgIpc) is 3.63. The maximum atomic E-state index is 2.42. The van der Waals surface area contributed by atoms with Crippen LogP contribution in [0.25, 0.3) is 82.4 Å². The molecule has 0 spiro atoms. The lowest BCUT2D eigenvalue weighted by Crippen LogP contribution is -2.11. The number of nitrogens with zero attached hydrogens (tertiary/aromatic N) is 2. The summed E-state index contributed by atoms with van der Waals surface area (Å²) in [4.78, 5) is 2.42. The van der Waals surface area contributed by atoms with Crippen molar-refractivity contribution >= 4 is 60.4 Å². The minimum absolute atomic E-state index is 1.10. The fraction of sp³-hybridized carbons (Fsp3) is 0. The van der Waals surface area contributed by atoms with Crippen molar-refractivity contribution in [3.05, 3.63) is 231 Å². The van der Waals surface area contributed by atoms with Crippen LogP contribution in [-0.2, 0) is 0 Å². The van der Waals surface area contributed by atoms with Gasteiger partial charge in [-0.2, -0.15) is 0 Å². The monoisotopic (exact) mass is 738 g/mol. The van der Waals surface area contributed by atoms with Gasteiger partial charge in [0.1, 0.15) is 0 Å². The molecule has 1 heterocycles. The Kier molecular flexibility index (Phi) is 8.19. The second-order valence-corrected chi connectivity index (χ2v) is 15.0. The minimum atomic E-state index is 1.10. The van der Waals surface area contributed by atoms with Gasteiger partial charge in [0.05, 0.1) is 16.7 Å². The molecule has 10 aromatic carbocycles. The first-order valence-corrected chi connectivity index (χ1v) is 19.9. The zero-order valence-electron chi connectivity index (χ0n) is 31.8. The quantitative estimate of drug-likeness (QED) is 0.148. The lowest BCUT2D eigenvalue weighted by Gasteiger charge is -2.28. The maximum Gasteiger partial charge on any atom is 0.0542 e. The van der Waals surface area contributed by atoms with Gasteiger partial charge in [0.15, 0.2) is 0 Å². The molecule has 0 radical (unpaired) electrons. The van der Waals surface area contributed by atoms with Crippen molar-refractivity contribution in [2.75, 3.05) is 4.90 Å². The van der Waals surface area contributed by atoms with E-state index in [1.165, 1.54) is 76.7 Å². The Morgan fingerprint density at radius 1 is 0.293 bits per heavy atom. The lowest BCUT2D eigenvalue weighted by molar-refractivity contribution is 1.18. The van der Waals surface area contributed by atoms with Gasteiger partial charge in [0.25, 0.3) is 0 Å². The van der Waals surface area contributed by atoms with E-state index in [1.807, 2.05) is 0 Å². The summed E-state index contributed by atoms with van der Waals surface area (Å²) in [6.07, 6.45) is 0. The summed E-state index contributed by atoms with van der Waals surface area (Å²) in [5.74, 6) is 0. The van der Waals surface area contributed by atoms with Crippen LogP contribution in [0, 0.1) is 0 Å². The van der Waals surface area contributed by atoms with Crippen molar-refractivity contribution in [3.63, 3.8) is 0 Å². The summed E-state index contributed by atoms with van der Waals surface area (Å²) in [5, 5.41) is 7.48. The molecule has 0 aliphatic carbocycles. The molecular weight excluding hydrogens is 701 g/mol. The van der Waals surface area contributed by atoms with E-state index in [0.717, 1.165) is 22.7 Å². The summed E-state index contributed by atoms with van der Waals surface area (Å²) >= 11 is 0. The molecular formula is C56H38N2. The number of anilines is 3. The van der Waals surface area contributed by atoms with Crippen molar-refractivity contribution in [3.8, 4) is 39.1 Å². The third-order valence-electron chi connectivity index (χ3n) is 11.6. The molecule has 0 amide bonds. The van der Waals surface area contributed by atoms with Crippen LogP contribution in [0.5, 0.6) is 0 Å². The largest absolute Gasteiger partial charge is 0.310 e. The predicted octanol–water partition coefficient (Wildman–Crippen LogP) is 15.6. The van der Waals surface area contributed by atoms with Crippen molar-refractivity contribution in [2.24, 2.45) is 0 Å². The van der Waals surface area contributed by atoms with Crippen molar-refractivity contribution in [1.29, 1.82) is 0 Å². The summed E-state index contributed by atoms with van der Waals surface area (Å²) in [7, 11) is 0. The summed E-state index contributed by atoms with van der Waals surface area (Å²) < 4.78 is 2.41. The standard InChI is InChI=1S/C56H38N2/c1-4-14-39(15-5-1)40-28-31-47(32-29-40)57(54-23-13-12-22-50(54)41-16-6-2-7-17-41)48-33-35-56-53(38-48)52-37-45(30-34-55(52)58(56)46-19-8-3-9-20-46)44-27-26-43-25-24-42-18-10-11-21-49(42)51(43)36-44/h1-38H. The van der Waals surface area contributed by atoms with Crippen LogP contribution in [0.15, 0.2) is 231 Å². The molecule has 0 fully saturated rings. The maximum absolute atomic E-state index is 2.42. The number of benzene rings is 10. The molecule has 0 N–H and O–H groups in total. The molecule has 11 rings (SSSR count). The number of para-hydroxylation sites is 2. The fourth-order valence-corrected chi connectivity index (χ4v) is 8.76. The fourth-order valence-electron chi connectivity index (χ4n) is 8.76. The van der Waals surface area contributed by atoms with Crippen LogP contribution in [0.3, 0.4) is 0 Å². The molecule has 0 atom stereocenters. The molecule has 1 aromatic heterocycles. The van der Waals surface area contributed by atoms with Crippen LogP contribution < -0.4 is 4.90 Å². The first-order valence-electron chi connectivity index (χ1n) is 19.9. The van der Waals surface area contributed by atoms with Gasteiger partial charge in [-0.25, -0.2) is 0 Å². The molecule has 0 bridgehead atoms. The number of hydrogen-bond acceptors (Lipinski definition) is 1. The number of hydrogen-bond donors (Lipinski definition) is 0. The normalized spacial score (nSPS) is 11.4. The van der Waals surface area contributed by atoms with E-state index in [9.17, 15) is 0 Å². The van der Waals surface area contributed by atoms with Gasteiger partial charge in [-0.15, -0.1) is 0 Å². The summed E-state index contributed by atoms with van der Waals surface area (Å²) in [6.45, 7) is 0. The van der Waals surface area contributed by atoms with E-state index < -0.39 is 0 Å². The van der Waals surface area contributed by atoms with Gasteiger partial charge < -0.3 is 9.47 Å². The molecule has 0 unspecified atom stereocenters. The minimum Gasteiger partial charge on any atom is -0.310 e. The topological polar surface area (TPSA) is 8.17 Å². The average molecular weight is 739 g/mol. The van der Waals surface area contributed by atoms with Crippen molar-refractivity contribution in [1.82, 2.24) is 4.57 Å². The summed E-state index contributed by atoms with van der Waals surface area (Å²) in [5.41, 5.74) is 14.0. The molecule has 0 saturated heterocycles. The second-order valence-electron chi connectivity index (χ2n) is 15.0. The van der Waals surface area contributed by atoms with Crippen LogP contribution in [0.1, 0.15) is 0 Å². The number of rotatable bonds is 7. The van der Waals surface area contributed by atoms with Crippen LogP contribution >= 0.6 is 0 Å². The Hall–Kier alpha value is -7.68. The van der Waals surface area contributed by atoms with Gasteiger partial charge >= 0.3 is 0 Å². The Morgan fingerprint density at radius 3 is 1.55 bits per heavy atom. The van der Waals surface area contributed by atoms with E-state index in [0.29, 0.717) is 0 Å². The third-order valence-corrected chi connectivity index (χ3v) is 11.6. The van der Waals surface area contributed by atoms with Crippen molar-refractivity contribution in [2.45, 2.75) is 0 Å². The zero-order valence-corrected chi connectivity index (χ0v) is 31.8. The van der Waals surface area contributed by atoms with Crippen LogP contribution in [0.4, 0.5) is 17.1 Å². The van der Waals surface area contributed by atoms with Gasteiger partial charge in [0, 0.05) is 33.4 Å². The highest BCUT2D eigenvalue weighted by Crippen LogP contribution is 2.44. The molecule has 2 nitrogen and oxygen atoms in total. The van der Waals surface area contributed by atoms with E-state index in [4.69, 9.17) is 0 Å². The first-order chi connectivity index (χ1) is 28.8. The highest BCUT2D eigenvalue weighted by Gasteiger charge is 2.20. The summed E-state index contributed by atoms with van der Waals surface area (Å²) in [6, 6.07) is 83.7. The van der Waals surface area contributed by atoms with E-state index in [1.54, 1.807) is 0 Å². The smallest absolute Gasteiger partial charge is 0.0542 e. The van der Waals surface area contributed by atoms with Crippen LogP contribution in [-0.4, -0.2) is 4.57 Å². The van der Waals surface area contributed by atoms with Crippen molar-refractivity contribution < 1.29 is 0 Å². The molecule has 58 heavy (non-hydrogen) atoms. The first kappa shape index (κ1) is 33.6. The predicted molar refractivity (Wildman–Crippen MR) is 247 cm³/mol. The highest BCUT2D eigenvalue weighted by molar-refractivity contribution is 6.13. The molecule has 11 aromatic rings. The SMILES string of the molecule is c1ccc(-c2ccc(N(c3ccc4c(c3)c3cc(-c5ccc6ccc7ccccc7c6c5)ccc3n4-c3ccccc3)c3ccccc3-c3ccccc3)cc2)cc1. The van der Waals surface area contributed by atoms with E-state index >= 15 is 0 Å². The van der Waals surface area contributed by atoms with E-state index in [2.05, 4.69) is 240 Å². The number of fused-ring (bicyclic) bond motifs is 6. The van der Waals surface area contributed by atoms with Gasteiger partial charge in [-0.05, 0) is 116 Å². The second kappa shape index (κ2) is 14.1. The molecule has 272 valence electrons. The molecule has 2 heteroatoms. The Morgan fingerprint density at radius 2 is 0.793 bits per heavy atom. The lowest BCUT2D eigenvalue weighted by atomic mass is 9.96. The third kappa shape index (κ3) is 5.82. The molecule has 0 aliphatic heterocycles. The Labute approximate surface area is 338 Å².